The molecule has 6 nitrogen and oxygen atoms in total. The lowest BCUT2D eigenvalue weighted by Gasteiger charge is -2.08. The summed E-state index contributed by atoms with van der Waals surface area (Å²) >= 11 is 11.4. The van der Waals surface area contributed by atoms with Crippen LogP contribution in [0.3, 0.4) is 0 Å². The molecule has 1 N–H and O–H groups in total. The van der Waals surface area contributed by atoms with Crippen LogP contribution < -0.4 is 10.1 Å². The number of anilines is 1. The lowest BCUT2D eigenvalue weighted by molar-refractivity contribution is -0.118. The predicted octanol–water partition coefficient (Wildman–Crippen LogP) is 2.67. The van der Waals surface area contributed by atoms with E-state index in [-0.39, 0.29) is 23.1 Å². The Balaban J connectivity index is 1.97. The second kappa shape index (κ2) is 6.88. The van der Waals surface area contributed by atoms with E-state index in [1.807, 2.05) is 6.07 Å². The summed E-state index contributed by atoms with van der Waals surface area (Å²) in [5.74, 6) is 0.111. The number of hydrogen-bond acceptors (Lipinski definition) is 5. The van der Waals surface area contributed by atoms with E-state index in [4.69, 9.17) is 33.2 Å². The summed E-state index contributed by atoms with van der Waals surface area (Å²) in [6, 6.07) is 6.48. The van der Waals surface area contributed by atoms with Gasteiger partial charge in [0, 0.05) is 12.4 Å². The van der Waals surface area contributed by atoms with Crippen LogP contribution >= 0.6 is 23.2 Å². The Labute approximate surface area is 130 Å². The van der Waals surface area contributed by atoms with E-state index in [9.17, 15) is 4.79 Å². The third kappa shape index (κ3) is 4.05. The molecule has 1 amide bonds. The number of carbonyl (C=O) groups excluding carboxylic acids is 1. The smallest absolute Gasteiger partial charge is 0.263 e. The zero-order chi connectivity index (χ0) is 15.2. The highest BCUT2D eigenvalue weighted by atomic mass is 35.5. The van der Waals surface area contributed by atoms with Gasteiger partial charge in [0.25, 0.3) is 5.91 Å². The molecule has 21 heavy (non-hydrogen) atoms. The Bertz CT molecular complexity index is 698. The molecule has 2 heterocycles. The quantitative estimate of drug-likeness (QED) is 0.874. The molecule has 0 radical (unpaired) electrons. The number of carbonyl (C=O) groups is 1. The summed E-state index contributed by atoms with van der Waals surface area (Å²) in [7, 11) is 0. The van der Waals surface area contributed by atoms with Gasteiger partial charge in [-0.25, -0.2) is 9.97 Å². The molecule has 0 aliphatic rings. The van der Waals surface area contributed by atoms with Crippen LogP contribution in [0.15, 0.2) is 30.6 Å². The van der Waals surface area contributed by atoms with E-state index in [1.165, 1.54) is 18.5 Å². The van der Waals surface area contributed by atoms with Gasteiger partial charge < -0.3 is 10.1 Å². The Hall–Kier alpha value is -2.36. The third-order valence-electron chi connectivity index (χ3n) is 2.33. The van der Waals surface area contributed by atoms with Gasteiger partial charge in [-0.15, -0.1) is 0 Å². The molecule has 0 saturated carbocycles. The summed E-state index contributed by atoms with van der Waals surface area (Å²) < 4.78 is 5.25. The van der Waals surface area contributed by atoms with Crippen molar-refractivity contribution in [3.05, 3.63) is 46.3 Å². The zero-order valence-electron chi connectivity index (χ0n) is 10.5. The fourth-order valence-corrected chi connectivity index (χ4v) is 1.72. The SMILES string of the molecule is N#Cc1c(OCC(=O)Nc2ccc(Cl)cn2)ccnc1Cl. The van der Waals surface area contributed by atoms with Crippen molar-refractivity contribution in [1.82, 2.24) is 9.97 Å². The summed E-state index contributed by atoms with van der Waals surface area (Å²) in [5, 5.41) is 12.0. The van der Waals surface area contributed by atoms with E-state index in [1.54, 1.807) is 12.1 Å². The molecular weight excluding hydrogens is 315 g/mol. The average Bonchev–Trinajstić information content (AvgIpc) is 2.47. The highest BCUT2D eigenvalue weighted by molar-refractivity contribution is 6.30. The first-order valence-corrected chi connectivity index (χ1v) is 6.44. The number of halogens is 2. The van der Waals surface area contributed by atoms with E-state index in [0.29, 0.717) is 10.8 Å². The van der Waals surface area contributed by atoms with Gasteiger partial charge in [0.15, 0.2) is 11.8 Å². The van der Waals surface area contributed by atoms with E-state index in [2.05, 4.69) is 15.3 Å². The molecule has 0 unspecified atom stereocenters. The number of amides is 1. The molecule has 0 fully saturated rings. The number of nitrogens with zero attached hydrogens (tertiary/aromatic N) is 3. The third-order valence-corrected chi connectivity index (χ3v) is 2.84. The maximum absolute atomic E-state index is 11.7. The second-order valence-electron chi connectivity index (χ2n) is 3.79. The molecule has 0 spiro atoms. The minimum Gasteiger partial charge on any atom is -0.482 e. The van der Waals surface area contributed by atoms with Crippen LogP contribution in [-0.4, -0.2) is 22.5 Å². The van der Waals surface area contributed by atoms with Gasteiger partial charge in [0.1, 0.15) is 23.2 Å². The van der Waals surface area contributed by atoms with Crippen LogP contribution in [0.2, 0.25) is 10.2 Å². The maximum Gasteiger partial charge on any atom is 0.263 e. The second-order valence-corrected chi connectivity index (χ2v) is 4.58. The lowest BCUT2D eigenvalue weighted by Crippen LogP contribution is -2.21. The van der Waals surface area contributed by atoms with Crippen LogP contribution in [0.25, 0.3) is 0 Å². The molecule has 0 atom stereocenters. The first-order valence-electron chi connectivity index (χ1n) is 5.69. The minimum absolute atomic E-state index is 0.0229. The van der Waals surface area contributed by atoms with Crippen molar-refractivity contribution in [2.24, 2.45) is 0 Å². The molecule has 0 aliphatic carbocycles. The van der Waals surface area contributed by atoms with E-state index in [0.717, 1.165) is 0 Å². The fourth-order valence-electron chi connectivity index (χ4n) is 1.41. The number of nitrogens with one attached hydrogen (secondary N) is 1. The Morgan fingerprint density at radius 3 is 2.81 bits per heavy atom. The summed E-state index contributed by atoms with van der Waals surface area (Å²) in [6.45, 7) is -0.292. The molecule has 2 aromatic rings. The molecular formula is C13H8Cl2N4O2. The van der Waals surface area contributed by atoms with Crippen molar-refractivity contribution in [2.45, 2.75) is 0 Å². The van der Waals surface area contributed by atoms with Crippen molar-refractivity contribution in [1.29, 1.82) is 5.26 Å². The average molecular weight is 323 g/mol. The molecule has 2 rings (SSSR count). The maximum atomic E-state index is 11.7. The largest absolute Gasteiger partial charge is 0.482 e. The molecule has 106 valence electrons. The zero-order valence-corrected chi connectivity index (χ0v) is 12.0. The number of hydrogen-bond donors (Lipinski definition) is 1. The van der Waals surface area contributed by atoms with Gasteiger partial charge in [-0.3, -0.25) is 4.79 Å². The van der Waals surface area contributed by atoms with Crippen LogP contribution in [0.4, 0.5) is 5.82 Å². The van der Waals surface area contributed by atoms with Gasteiger partial charge in [-0.2, -0.15) is 5.26 Å². The first-order chi connectivity index (χ1) is 10.1. The van der Waals surface area contributed by atoms with Gasteiger partial charge >= 0.3 is 0 Å². The Kier molecular flexibility index (Phi) is 4.93. The number of rotatable bonds is 4. The Morgan fingerprint density at radius 2 is 2.14 bits per heavy atom. The first kappa shape index (κ1) is 15.0. The van der Waals surface area contributed by atoms with Crippen LogP contribution in [-0.2, 0) is 4.79 Å². The molecule has 0 saturated heterocycles. The highest BCUT2D eigenvalue weighted by Gasteiger charge is 2.11. The van der Waals surface area contributed by atoms with Crippen molar-refractivity contribution in [2.75, 3.05) is 11.9 Å². The topological polar surface area (TPSA) is 87.9 Å². The predicted molar refractivity (Wildman–Crippen MR) is 77.3 cm³/mol. The summed E-state index contributed by atoms with van der Waals surface area (Å²) in [4.78, 5) is 19.4. The van der Waals surface area contributed by atoms with Gasteiger partial charge in [-0.05, 0) is 18.2 Å². The van der Waals surface area contributed by atoms with Crippen LogP contribution in [0, 0.1) is 11.3 Å². The molecule has 0 aromatic carbocycles. The van der Waals surface area contributed by atoms with Crippen molar-refractivity contribution >= 4 is 34.9 Å². The van der Waals surface area contributed by atoms with Gasteiger partial charge in [0.05, 0.1) is 5.02 Å². The molecule has 0 bridgehead atoms. The highest BCUT2D eigenvalue weighted by Crippen LogP contribution is 2.23. The number of ether oxygens (including phenoxy) is 1. The van der Waals surface area contributed by atoms with Crippen LogP contribution in [0.1, 0.15) is 5.56 Å². The van der Waals surface area contributed by atoms with Crippen molar-refractivity contribution in [3.8, 4) is 11.8 Å². The molecule has 2 aromatic heterocycles. The number of pyridine rings is 2. The fraction of sp³-hybridized carbons (Fsp3) is 0.0769. The summed E-state index contributed by atoms with van der Waals surface area (Å²) in [6.07, 6.45) is 2.80. The normalized spacial score (nSPS) is 9.76. The lowest BCUT2D eigenvalue weighted by atomic mass is 10.3. The number of nitriles is 1. The molecule has 8 heteroatoms. The standard InChI is InChI=1S/C13H8Cl2N4O2/c14-8-1-2-11(18-6-8)19-12(20)7-21-10-3-4-17-13(15)9(10)5-16/h1-4,6H,7H2,(H,18,19,20). The minimum atomic E-state index is -0.429. The van der Waals surface area contributed by atoms with Crippen LogP contribution in [0.5, 0.6) is 5.75 Å². The van der Waals surface area contributed by atoms with E-state index >= 15 is 0 Å². The van der Waals surface area contributed by atoms with Gasteiger partial charge in [-0.1, -0.05) is 23.2 Å². The monoisotopic (exact) mass is 322 g/mol. The van der Waals surface area contributed by atoms with E-state index < -0.39 is 5.91 Å². The van der Waals surface area contributed by atoms with Crippen molar-refractivity contribution in [3.63, 3.8) is 0 Å². The molecule has 0 aliphatic heterocycles. The van der Waals surface area contributed by atoms with Crippen molar-refractivity contribution < 1.29 is 9.53 Å². The van der Waals surface area contributed by atoms with Gasteiger partial charge in [0.2, 0.25) is 0 Å². The summed E-state index contributed by atoms with van der Waals surface area (Å²) in [5.41, 5.74) is 0.0802. The Morgan fingerprint density at radius 1 is 1.33 bits per heavy atom. The number of aromatic nitrogens is 2.